The van der Waals surface area contributed by atoms with Gasteiger partial charge in [0.05, 0.1) is 0 Å². The van der Waals surface area contributed by atoms with Crippen molar-refractivity contribution < 1.29 is 14.3 Å². The van der Waals surface area contributed by atoms with Crippen LogP contribution < -0.4 is 15.2 Å². The summed E-state index contributed by atoms with van der Waals surface area (Å²) in [7, 11) is 0. The van der Waals surface area contributed by atoms with Crippen LogP contribution in [0.3, 0.4) is 0 Å². The van der Waals surface area contributed by atoms with E-state index in [0.29, 0.717) is 24.5 Å². The largest absolute Gasteiger partial charge is 0.490 e. The Morgan fingerprint density at radius 1 is 1.14 bits per heavy atom. The lowest BCUT2D eigenvalue weighted by Gasteiger charge is -2.19. The Hall–Kier alpha value is -2.78. The predicted molar refractivity (Wildman–Crippen MR) is 113 cm³/mol. The first kappa shape index (κ1) is 21.5. The van der Waals surface area contributed by atoms with Gasteiger partial charge in [0.1, 0.15) is 36.4 Å². The van der Waals surface area contributed by atoms with Crippen LogP contribution in [-0.2, 0) is 10.2 Å². The van der Waals surface area contributed by atoms with Crippen molar-refractivity contribution in [3.63, 3.8) is 0 Å². The number of halogens is 1. The van der Waals surface area contributed by atoms with Gasteiger partial charge in [0.15, 0.2) is 0 Å². The zero-order chi connectivity index (χ0) is 20.7. The average Bonchev–Trinajstić information content (AvgIpc) is 2.64. The Bertz CT molecular complexity index is 907. The normalized spacial score (nSPS) is 11.6. The number of amides is 1. The number of rotatable bonds is 7. The molecule has 0 aromatic heterocycles. The third-order valence-corrected chi connectivity index (χ3v) is 4.48. The van der Waals surface area contributed by atoms with Crippen LogP contribution in [0.25, 0.3) is 6.08 Å². The van der Waals surface area contributed by atoms with E-state index < -0.39 is 5.91 Å². The molecule has 0 unspecified atom stereocenters. The van der Waals surface area contributed by atoms with Gasteiger partial charge in [-0.15, -0.1) is 0 Å². The van der Waals surface area contributed by atoms with E-state index in [9.17, 15) is 4.79 Å². The number of nitrogens with two attached hydrogens (primary N) is 1. The molecule has 2 aromatic carbocycles. The first-order valence-corrected chi connectivity index (χ1v) is 9.57. The van der Waals surface area contributed by atoms with E-state index in [1.54, 1.807) is 18.2 Å². The van der Waals surface area contributed by atoms with Crippen molar-refractivity contribution in [3.05, 3.63) is 63.6 Å². The zero-order valence-corrected chi connectivity index (χ0v) is 17.7. The minimum atomic E-state index is -0.782. The molecule has 0 atom stereocenters. The maximum atomic E-state index is 11.3. The summed E-state index contributed by atoms with van der Waals surface area (Å²) < 4.78 is 12.3. The molecular formula is C22H23BrN2O3. The number of carbonyl (C=O) groups is 1. The Morgan fingerprint density at radius 3 is 2.36 bits per heavy atom. The summed E-state index contributed by atoms with van der Waals surface area (Å²) in [6, 6.07) is 15.1. The first-order chi connectivity index (χ1) is 13.2. The van der Waals surface area contributed by atoms with Crippen molar-refractivity contribution in [1.82, 2.24) is 0 Å². The summed E-state index contributed by atoms with van der Waals surface area (Å²) in [4.78, 5) is 11.3. The molecule has 146 valence electrons. The SMILES string of the molecule is CC(C)(C)c1ccc(OCCOc2ccc(Br)cc2/C=C(/C#N)C(N)=O)cc1. The molecule has 0 fully saturated rings. The topological polar surface area (TPSA) is 85.3 Å². The molecule has 2 rings (SSSR count). The molecule has 2 N–H and O–H groups in total. The van der Waals surface area contributed by atoms with Crippen molar-refractivity contribution in [1.29, 1.82) is 5.26 Å². The van der Waals surface area contributed by atoms with Crippen LogP contribution in [0.15, 0.2) is 52.5 Å². The number of nitrogens with zero attached hydrogens (tertiary/aromatic N) is 1. The maximum absolute atomic E-state index is 11.3. The fourth-order valence-corrected chi connectivity index (χ4v) is 2.82. The second-order valence-electron chi connectivity index (χ2n) is 7.19. The van der Waals surface area contributed by atoms with E-state index in [2.05, 4.69) is 48.8 Å². The number of benzene rings is 2. The zero-order valence-electron chi connectivity index (χ0n) is 16.2. The highest BCUT2D eigenvalue weighted by Crippen LogP contribution is 2.26. The number of carbonyl (C=O) groups excluding carboxylic acids is 1. The summed E-state index contributed by atoms with van der Waals surface area (Å²) >= 11 is 3.37. The minimum Gasteiger partial charge on any atom is -0.490 e. The molecule has 5 nitrogen and oxygen atoms in total. The van der Waals surface area contributed by atoms with Gasteiger partial charge in [-0.05, 0) is 47.4 Å². The summed E-state index contributed by atoms with van der Waals surface area (Å²) in [5.74, 6) is 0.521. The summed E-state index contributed by atoms with van der Waals surface area (Å²) in [6.45, 7) is 7.15. The molecule has 2 aromatic rings. The number of hydrogen-bond donors (Lipinski definition) is 1. The van der Waals surface area contributed by atoms with Crippen molar-refractivity contribution in [3.8, 4) is 17.6 Å². The van der Waals surface area contributed by atoms with E-state index in [1.165, 1.54) is 11.6 Å². The molecule has 0 saturated heterocycles. The van der Waals surface area contributed by atoms with Crippen LogP contribution in [-0.4, -0.2) is 19.1 Å². The molecule has 0 aliphatic rings. The Morgan fingerprint density at radius 2 is 1.79 bits per heavy atom. The molecule has 6 heteroatoms. The smallest absolute Gasteiger partial charge is 0.259 e. The quantitative estimate of drug-likeness (QED) is 0.385. The lowest BCUT2D eigenvalue weighted by molar-refractivity contribution is -0.114. The van der Waals surface area contributed by atoms with E-state index in [0.717, 1.165) is 10.2 Å². The average molecular weight is 443 g/mol. The van der Waals surface area contributed by atoms with E-state index in [4.69, 9.17) is 20.5 Å². The lowest BCUT2D eigenvalue weighted by atomic mass is 9.87. The molecule has 1 amide bonds. The highest BCUT2D eigenvalue weighted by molar-refractivity contribution is 9.10. The number of hydrogen-bond acceptors (Lipinski definition) is 4. The Labute approximate surface area is 173 Å². The van der Waals surface area contributed by atoms with Crippen LogP contribution in [0.2, 0.25) is 0 Å². The van der Waals surface area contributed by atoms with Crippen LogP contribution >= 0.6 is 15.9 Å². The minimum absolute atomic E-state index is 0.0976. The van der Waals surface area contributed by atoms with Gasteiger partial charge in [0.25, 0.3) is 5.91 Å². The van der Waals surface area contributed by atoms with Crippen molar-refractivity contribution in [2.24, 2.45) is 5.73 Å². The highest BCUT2D eigenvalue weighted by Gasteiger charge is 2.13. The fourth-order valence-electron chi connectivity index (χ4n) is 2.44. The molecule has 0 aliphatic heterocycles. The Balaban J connectivity index is 2.00. The molecule has 0 spiro atoms. The number of nitriles is 1. The second-order valence-corrected chi connectivity index (χ2v) is 8.10. The van der Waals surface area contributed by atoms with Gasteiger partial charge in [-0.2, -0.15) is 5.26 Å². The fraction of sp³-hybridized carbons (Fsp3) is 0.273. The van der Waals surface area contributed by atoms with E-state index in [-0.39, 0.29) is 11.0 Å². The van der Waals surface area contributed by atoms with Gasteiger partial charge in [-0.25, -0.2) is 0 Å². The van der Waals surface area contributed by atoms with E-state index in [1.807, 2.05) is 18.2 Å². The molecule has 0 bridgehead atoms. The van der Waals surface area contributed by atoms with Gasteiger partial charge < -0.3 is 15.2 Å². The van der Waals surface area contributed by atoms with Crippen molar-refractivity contribution >= 4 is 27.9 Å². The Kier molecular flexibility index (Phi) is 7.24. The molecular weight excluding hydrogens is 420 g/mol. The van der Waals surface area contributed by atoms with Crippen LogP contribution in [0.5, 0.6) is 11.5 Å². The van der Waals surface area contributed by atoms with Crippen LogP contribution in [0.4, 0.5) is 0 Å². The third kappa shape index (κ3) is 6.14. The summed E-state index contributed by atoms with van der Waals surface area (Å²) in [5, 5.41) is 9.04. The standard InChI is InChI=1S/C22H23BrN2O3/c1-22(2,3)17-4-7-19(8-5-17)27-10-11-28-20-9-6-18(23)13-15(20)12-16(14-24)21(25)26/h4-9,12-13H,10-11H2,1-3H3,(H2,25,26)/b16-12-. The van der Waals surface area contributed by atoms with Crippen LogP contribution in [0.1, 0.15) is 31.9 Å². The molecule has 0 radical (unpaired) electrons. The summed E-state index contributed by atoms with van der Waals surface area (Å²) in [6.07, 6.45) is 1.41. The van der Waals surface area contributed by atoms with Crippen molar-refractivity contribution in [2.75, 3.05) is 13.2 Å². The number of ether oxygens (including phenoxy) is 2. The lowest BCUT2D eigenvalue weighted by Crippen LogP contribution is -2.13. The highest BCUT2D eigenvalue weighted by atomic mass is 79.9. The van der Waals surface area contributed by atoms with Crippen LogP contribution in [0, 0.1) is 11.3 Å². The van der Waals surface area contributed by atoms with E-state index >= 15 is 0 Å². The van der Waals surface area contributed by atoms with Gasteiger partial charge in [0, 0.05) is 10.0 Å². The molecule has 28 heavy (non-hydrogen) atoms. The van der Waals surface area contributed by atoms with Gasteiger partial charge >= 0.3 is 0 Å². The monoisotopic (exact) mass is 442 g/mol. The second kappa shape index (κ2) is 9.43. The van der Waals surface area contributed by atoms with Gasteiger partial charge in [0.2, 0.25) is 0 Å². The molecule has 0 heterocycles. The van der Waals surface area contributed by atoms with Crippen molar-refractivity contribution in [2.45, 2.75) is 26.2 Å². The van der Waals surface area contributed by atoms with Gasteiger partial charge in [-0.3, -0.25) is 4.79 Å². The van der Waals surface area contributed by atoms with Gasteiger partial charge in [-0.1, -0.05) is 48.8 Å². The number of primary amides is 1. The summed E-state index contributed by atoms with van der Waals surface area (Å²) in [5.41, 5.74) is 6.98. The molecule has 0 saturated carbocycles. The first-order valence-electron chi connectivity index (χ1n) is 8.78. The molecule has 0 aliphatic carbocycles. The third-order valence-electron chi connectivity index (χ3n) is 3.99. The maximum Gasteiger partial charge on any atom is 0.259 e. The predicted octanol–water partition coefficient (Wildman–Crippen LogP) is 4.60.